The molecule has 1 unspecified atom stereocenters. The van der Waals surface area contributed by atoms with E-state index in [0.717, 1.165) is 18.7 Å². The molecule has 1 aromatic heterocycles. The van der Waals surface area contributed by atoms with E-state index in [1.54, 1.807) is 6.92 Å². The Bertz CT molecular complexity index is 362. The van der Waals surface area contributed by atoms with E-state index in [2.05, 4.69) is 10.1 Å². The van der Waals surface area contributed by atoms with Gasteiger partial charge in [0.15, 0.2) is 5.82 Å². The van der Waals surface area contributed by atoms with Crippen molar-refractivity contribution in [3.05, 3.63) is 11.7 Å². The van der Waals surface area contributed by atoms with Gasteiger partial charge < -0.3 is 9.63 Å². The first-order valence-corrected chi connectivity index (χ1v) is 5.88. The van der Waals surface area contributed by atoms with E-state index in [1.165, 1.54) is 11.8 Å². The molecule has 1 heterocycles. The van der Waals surface area contributed by atoms with E-state index >= 15 is 0 Å². The van der Waals surface area contributed by atoms with E-state index in [4.69, 9.17) is 9.63 Å². The summed E-state index contributed by atoms with van der Waals surface area (Å²) in [5, 5.41) is 12.1. The van der Waals surface area contributed by atoms with E-state index < -0.39 is 11.2 Å². The predicted molar refractivity (Wildman–Crippen MR) is 54.7 cm³/mol. The van der Waals surface area contributed by atoms with Crippen LogP contribution in [0.4, 0.5) is 0 Å². The average Bonchev–Trinajstić information content (AvgIpc) is 2.95. The third kappa shape index (κ3) is 2.71. The molecular formula is C9H12N2O3S. The van der Waals surface area contributed by atoms with Crippen LogP contribution in [0, 0.1) is 0 Å². The smallest absolute Gasteiger partial charge is 0.316 e. The van der Waals surface area contributed by atoms with E-state index in [-0.39, 0.29) is 0 Å². The zero-order valence-electron chi connectivity index (χ0n) is 8.34. The molecule has 2 rings (SSSR count). The van der Waals surface area contributed by atoms with E-state index in [1.807, 2.05) is 0 Å². The molecule has 0 aliphatic heterocycles. The van der Waals surface area contributed by atoms with Crippen LogP contribution in [-0.4, -0.2) is 26.5 Å². The molecule has 5 nitrogen and oxygen atoms in total. The molecule has 1 fully saturated rings. The number of carbonyl (C=O) groups is 1. The van der Waals surface area contributed by atoms with Gasteiger partial charge in [0.25, 0.3) is 0 Å². The van der Waals surface area contributed by atoms with Crippen molar-refractivity contribution >= 4 is 17.7 Å². The maximum Gasteiger partial charge on any atom is 0.316 e. The lowest BCUT2D eigenvalue weighted by molar-refractivity contribution is -0.136. The Morgan fingerprint density at radius 3 is 3.07 bits per heavy atom. The van der Waals surface area contributed by atoms with Crippen molar-refractivity contribution in [2.45, 2.75) is 36.7 Å². The number of aliphatic carboxylic acids is 1. The Kier molecular flexibility index (Phi) is 2.95. The molecular weight excluding hydrogens is 216 g/mol. The van der Waals surface area contributed by atoms with Gasteiger partial charge in [0.1, 0.15) is 0 Å². The van der Waals surface area contributed by atoms with E-state index in [9.17, 15) is 4.79 Å². The quantitative estimate of drug-likeness (QED) is 0.825. The normalized spacial score (nSPS) is 17.7. The van der Waals surface area contributed by atoms with Gasteiger partial charge in [-0.25, -0.2) is 0 Å². The van der Waals surface area contributed by atoms with Crippen LogP contribution in [0.25, 0.3) is 0 Å². The van der Waals surface area contributed by atoms with Crippen LogP contribution in [0.3, 0.4) is 0 Å². The summed E-state index contributed by atoms with van der Waals surface area (Å²) in [5.41, 5.74) is 0. The van der Waals surface area contributed by atoms with Crippen LogP contribution in [0.15, 0.2) is 4.52 Å². The Labute approximate surface area is 91.2 Å². The molecule has 0 aromatic carbocycles. The summed E-state index contributed by atoms with van der Waals surface area (Å²) in [5.74, 6) is 1.42. The van der Waals surface area contributed by atoms with Crippen molar-refractivity contribution < 1.29 is 14.4 Å². The summed E-state index contributed by atoms with van der Waals surface area (Å²) in [6, 6.07) is 0. The minimum absolute atomic E-state index is 0.443. The largest absolute Gasteiger partial charge is 0.480 e. The number of aromatic nitrogens is 2. The summed E-state index contributed by atoms with van der Waals surface area (Å²) >= 11 is 1.29. The Balaban J connectivity index is 1.85. The standard InChI is InChI=1S/C9H12N2O3S/c1-5(9(12)13)15-4-7-10-8(11-14-7)6-2-3-6/h5-6H,2-4H2,1H3,(H,12,13). The van der Waals surface area contributed by atoms with Gasteiger partial charge in [-0.2, -0.15) is 4.98 Å². The van der Waals surface area contributed by atoms with Crippen molar-refractivity contribution in [1.82, 2.24) is 10.1 Å². The fourth-order valence-electron chi connectivity index (χ4n) is 1.10. The second-order valence-electron chi connectivity index (χ2n) is 3.61. The zero-order valence-corrected chi connectivity index (χ0v) is 9.16. The highest BCUT2D eigenvalue weighted by Gasteiger charge is 2.28. The zero-order chi connectivity index (χ0) is 10.8. The highest BCUT2D eigenvalue weighted by atomic mass is 32.2. The lowest BCUT2D eigenvalue weighted by Crippen LogP contribution is -2.11. The van der Waals surface area contributed by atoms with Crippen LogP contribution in [-0.2, 0) is 10.5 Å². The van der Waals surface area contributed by atoms with Gasteiger partial charge in [0.2, 0.25) is 5.89 Å². The van der Waals surface area contributed by atoms with Gasteiger partial charge in [-0.15, -0.1) is 11.8 Å². The second-order valence-corrected chi connectivity index (χ2v) is 4.94. The number of hydrogen-bond acceptors (Lipinski definition) is 5. The van der Waals surface area contributed by atoms with Crippen molar-refractivity contribution in [3.8, 4) is 0 Å². The molecule has 0 saturated heterocycles. The van der Waals surface area contributed by atoms with Crippen LogP contribution in [0.5, 0.6) is 0 Å². The number of thioether (sulfide) groups is 1. The molecule has 6 heteroatoms. The molecule has 1 atom stereocenters. The van der Waals surface area contributed by atoms with Gasteiger partial charge >= 0.3 is 5.97 Å². The maximum absolute atomic E-state index is 10.6. The predicted octanol–water partition coefficient (Wildman–Crippen LogP) is 1.65. The van der Waals surface area contributed by atoms with Crippen molar-refractivity contribution in [3.63, 3.8) is 0 Å². The summed E-state index contributed by atoms with van der Waals surface area (Å²) in [4.78, 5) is 14.8. The molecule has 1 aromatic rings. The molecule has 0 radical (unpaired) electrons. The Morgan fingerprint density at radius 1 is 1.73 bits per heavy atom. The lowest BCUT2D eigenvalue weighted by atomic mass is 10.4. The molecule has 15 heavy (non-hydrogen) atoms. The number of rotatable bonds is 5. The fraction of sp³-hybridized carbons (Fsp3) is 0.667. The van der Waals surface area contributed by atoms with Crippen molar-refractivity contribution in [2.24, 2.45) is 0 Å². The van der Waals surface area contributed by atoms with Crippen LogP contribution >= 0.6 is 11.8 Å². The highest BCUT2D eigenvalue weighted by molar-refractivity contribution is 7.99. The molecule has 0 amide bonds. The molecule has 1 aliphatic rings. The first-order valence-electron chi connectivity index (χ1n) is 4.83. The second kappa shape index (κ2) is 4.22. The number of carboxylic acid groups (broad SMARTS) is 1. The van der Waals surface area contributed by atoms with Gasteiger partial charge in [-0.3, -0.25) is 4.79 Å². The summed E-state index contributed by atoms with van der Waals surface area (Å²) < 4.78 is 5.02. The van der Waals surface area contributed by atoms with Crippen LogP contribution in [0.1, 0.15) is 37.4 Å². The summed E-state index contributed by atoms with van der Waals surface area (Å²) in [6.45, 7) is 1.64. The SMILES string of the molecule is CC(SCc1nc(C2CC2)no1)C(=O)O. The first kappa shape index (κ1) is 10.5. The number of carboxylic acids is 1. The molecule has 0 spiro atoms. The Morgan fingerprint density at radius 2 is 2.47 bits per heavy atom. The van der Waals surface area contributed by atoms with Crippen molar-refractivity contribution in [1.29, 1.82) is 0 Å². The molecule has 82 valence electrons. The molecule has 1 N–H and O–H groups in total. The van der Waals surface area contributed by atoms with Crippen LogP contribution in [0.2, 0.25) is 0 Å². The molecule has 1 saturated carbocycles. The van der Waals surface area contributed by atoms with Crippen molar-refractivity contribution in [2.75, 3.05) is 0 Å². The summed E-state index contributed by atoms with van der Waals surface area (Å²) in [7, 11) is 0. The van der Waals surface area contributed by atoms with Gasteiger partial charge in [0.05, 0.1) is 11.0 Å². The Hall–Kier alpha value is -1.04. The minimum Gasteiger partial charge on any atom is -0.480 e. The minimum atomic E-state index is -0.818. The van der Waals surface area contributed by atoms with Gasteiger partial charge in [-0.1, -0.05) is 5.16 Å². The molecule has 0 bridgehead atoms. The van der Waals surface area contributed by atoms with Gasteiger partial charge in [-0.05, 0) is 19.8 Å². The third-order valence-electron chi connectivity index (χ3n) is 2.23. The van der Waals surface area contributed by atoms with Gasteiger partial charge in [0, 0.05) is 5.92 Å². The lowest BCUT2D eigenvalue weighted by Gasteiger charge is -2.01. The molecule has 1 aliphatic carbocycles. The highest BCUT2D eigenvalue weighted by Crippen LogP contribution is 2.38. The monoisotopic (exact) mass is 228 g/mol. The maximum atomic E-state index is 10.6. The average molecular weight is 228 g/mol. The topological polar surface area (TPSA) is 76.2 Å². The first-order chi connectivity index (χ1) is 7.16. The number of nitrogens with zero attached hydrogens (tertiary/aromatic N) is 2. The summed E-state index contributed by atoms with van der Waals surface area (Å²) in [6.07, 6.45) is 2.27. The number of hydrogen-bond donors (Lipinski definition) is 1. The van der Waals surface area contributed by atoms with E-state index in [0.29, 0.717) is 17.6 Å². The third-order valence-corrected chi connectivity index (χ3v) is 3.35. The van der Waals surface area contributed by atoms with Crippen LogP contribution < -0.4 is 0 Å². The fourth-order valence-corrected chi connectivity index (χ4v) is 1.75.